The molecule has 0 saturated heterocycles. The average molecular weight is 581 g/mol. The van der Waals surface area contributed by atoms with E-state index in [-0.39, 0.29) is 23.2 Å². The Labute approximate surface area is 237 Å². The predicted molar refractivity (Wildman–Crippen MR) is 154 cm³/mol. The standard InChI is InChI=1S/C28H25ClN4O4S2/c1-15(2)22-12-20-23(13-37-22)39-26-24(20)25(35)32(18-8-10-19(36-3)11-9-18)27-30-31-28(33(26)27)38-14-21(34)16-4-6-17(29)7-5-16/h4-11,15,22H,12-14H2,1-3H3/t22-/m0/s1. The smallest absolute Gasteiger partial charge is 0.268 e. The van der Waals surface area contributed by atoms with Crippen molar-refractivity contribution >= 4 is 56.5 Å². The van der Waals surface area contributed by atoms with Crippen molar-refractivity contribution in [3.63, 3.8) is 0 Å². The monoisotopic (exact) mass is 580 g/mol. The van der Waals surface area contributed by atoms with Crippen LogP contribution in [0.3, 0.4) is 0 Å². The van der Waals surface area contributed by atoms with E-state index in [1.165, 1.54) is 23.1 Å². The highest BCUT2D eigenvalue weighted by Crippen LogP contribution is 2.37. The highest BCUT2D eigenvalue weighted by Gasteiger charge is 2.30. The van der Waals surface area contributed by atoms with Gasteiger partial charge in [-0.05, 0) is 60.0 Å². The SMILES string of the molecule is COc1ccc(-n2c(=O)c3c4c(sc3n3c(SCC(=O)c5ccc(Cl)cc5)nnc23)CO[C@H](C(C)C)C4)cc1. The molecule has 0 N–H and O–H groups in total. The molecule has 0 radical (unpaired) electrons. The first-order valence-corrected chi connectivity index (χ1v) is 14.7. The summed E-state index contributed by atoms with van der Waals surface area (Å²) < 4.78 is 14.9. The molecule has 1 atom stereocenters. The summed E-state index contributed by atoms with van der Waals surface area (Å²) in [5.74, 6) is 1.51. The van der Waals surface area contributed by atoms with Crippen molar-refractivity contribution < 1.29 is 14.3 Å². The first-order valence-electron chi connectivity index (χ1n) is 12.5. The van der Waals surface area contributed by atoms with Crippen LogP contribution in [0.15, 0.2) is 58.5 Å². The highest BCUT2D eigenvalue weighted by molar-refractivity contribution is 7.99. The summed E-state index contributed by atoms with van der Waals surface area (Å²) in [6.07, 6.45) is 0.697. The number of carbonyl (C=O) groups is 1. The number of methoxy groups -OCH3 is 1. The Kier molecular flexibility index (Phi) is 6.96. The fraction of sp³-hybridized carbons (Fsp3) is 0.286. The molecule has 1 aliphatic heterocycles. The molecule has 3 aromatic heterocycles. The van der Waals surface area contributed by atoms with Gasteiger partial charge in [0.1, 0.15) is 10.6 Å². The van der Waals surface area contributed by atoms with Crippen LogP contribution in [0.25, 0.3) is 21.7 Å². The van der Waals surface area contributed by atoms with Crippen LogP contribution in [0.2, 0.25) is 5.02 Å². The van der Waals surface area contributed by atoms with Gasteiger partial charge >= 0.3 is 0 Å². The molecule has 11 heteroatoms. The van der Waals surface area contributed by atoms with Crippen LogP contribution in [0.5, 0.6) is 5.75 Å². The number of thiophene rings is 1. The zero-order valence-electron chi connectivity index (χ0n) is 21.5. The molecule has 0 amide bonds. The minimum Gasteiger partial charge on any atom is -0.497 e. The van der Waals surface area contributed by atoms with Crippen LogP contribution in [0.4, 0.5) is 0 Å². The third-order valence-electron chi connectivity index (χ3n) is 6.91. The van der Waals surface area contributed by atoms with Gasteiger partial charge in [0, 0.05) is 21.9 Å². The maximum absolute atomic E-state index is 14.1. The van der Waals surface area contributed by atoms with Crippen molar-refractivity contribution in [2.75, 3.05) is 12.9 Å². The second-order valence-corrected chi connectivity index (χ2v) is 12.1. The summed E-state index contributed by atoms with van der Waals surface area (Å²) in [5, 5.41) is 10.6. The second kappa shape index (κ2) is 10.4. The molecule has 6 rings (SSSR count). The zero-order valence-corrected chi connectivity index (χ0v) is 23.9. The number of halogens is 1. The molecule has 39 heavy (non-hydrogen) atoms. The molecular formula is C28H25ClN4O4S2. The summed E-state index contributed by atoms with van der Waals surface area (Å²) in [6, 6.07) is 14.1. The number of benzene rings is 2. The van der Waals surface area contributed by atoms with E-state index in [9.17, 15) is 9.59 Å². The van der Waals surface area contributed by atoms with Crippen molar-refractivity contribution in [3.8, 4) is 11.4 Å². The molecule has 5 aromatic rings. The summed E-state index contributed by atoms with van der Waals surface area (Å²) in [5.41, 5.74) is 2.10. The number of aromatic nitrogens is 4. The minimum atomic E-state index is -0.147. The molecule has 200 valence electrons. The Morgan fingerprint density at radius 1 is 1.18 bits per heavy atom. The molecular weight excluding hydrogens is 556 g/mol. The topological polar surface area (TPSA) is 87.7 Å². The number of nitrogens with zero attached hydrogens (tertiary/aromatic N) is 4. The van der Waals surface area contributed by atoms with Crippen molar-refractivity contribution in [3.05, 3.63) is 79.9 Å². The Morgan fingerprint density at radius 3 is 2.62 bits per heavy atom. The third-order valence-corrected chi connectivity index (χ3v) is 9.29. The van der Waals surface area contributed by atoms with Gasteiger partial charge in [-0.3, -0.25) is 9.59 Å². The van der Waals surface area contributed by atoms with Gasteiger partial charge in [-0.25, -0.2) is 8.97 Å². The van der Waals surface area contributed by atoms with Crippen LogP contribution < -0.4 is 10.3 Å². The highest BCUT2D eigenvalue weighted by atomic mass is 35.5. The number of carbonyl (C=O) groups excluding carboxylic acids is 1. The number of fused-ring (bicyclic) bond motifs is 5. The van der Waals surface area contributed by atoms with E-state index in [4.69, 9.17) is 21.1 Å². The lowest BCUT2D eigenvalue weighted by Crippen LogP contribution is -2.28. The molecule has 0 aliphatic carbocycles. The van der Waals surface area contributed by atoms with Crippen LogP contribution in [0, 0.1) is 5.92 Å². The Balaban J connectivity index is 1.51. The van der Waals surface area contributed by atoms with Crippen molar-refractivity contribution in [1.82, 2.24) is 19.2 Å². The summed E-state index contributed by atoms with van der Waals surface area (Å²) in [7, 11) is 1.60. The number of rotatable bonds is 7. The van der Waals surface area contributed by atoms with Gasteiger partial charge in [-0.1, -0.05) is 37.2 Å². The number of ketones is 1. The lowest BCUT2D eigenvalue weighted by Gasteiger charge is -2.26. The van der Waals surface area contributed by atoms with Gasteiger partial charge in [-0.15, -0.1) is 21.5 Å². The van der Waals surface area contributed by atoms with E-state index in [2.05, 4.69) is 24.0 Å². The Bertz CT molecular complexity index is 1760. The molecule has 8 nitrogen and oxygen atoms in total. The van der Waals surface area contributed by atoms with Gasteiger partial charge in [-0.2, -0.15) is 0 Å². The number of thioether (sulfide) groups is 1. The summed E-state index contributed by atoms with van der Waals surface area (Å²) >= 11 is 8.80. The van der Waals surface area contributed by atoms with E-state index in [1.807, 2.05) is 28.7 Å². The third kappa shape index (κ3) is 4.65. The van der Waals surface area contributed by atoms with Crippen LogP contribution in [-0.4, -0.2) is 43.9 Å². The molecule has 1 aliphatic rings. The molecule has 0 saturated carbocycles. The van der Waals surface area contributed by atoms with E-state index in [0.717, 1.165) is 15.3 Å². The molecule has 4 heterocycles. The number of Topliss-reactive ketones (excluding diaryl/α,β-unsaturated/α-hetero) is 1. The van der Waals surface area contributed by atoms with Crippen LogP contribution in [-0.2, 0) is 17.8 Å². The van der Waals surface area contributed by atoms with Crippen molar-refractivity contribution in [2.24, 2.45) is 5.92 Å². The lowest BCUT2D eigenvalue weighted by atomic mass is 9.96. The van der Waals surface area contributed by atoms with Crippen molar-refractivity contribution in [2.45, 2.75) is 38.1 Å². The maximum Gasteiger partial charge on any atom is 0.268 e. The van der Waals surface area contributed by atoms with E-state index < -0.39 is 0 Å². The average Bonchev–Trinajstić information content (AvgIpc) is 3.53. The zero-order chi connectivity index (χ0) is 27.3. The van der Waals surface area contributed by atoms with Crippen LogP contribution in [0.1, 0.15) is 34.6 Å². The molecule has 0 spiro atoms. The largest absolute Gasteiger partial charge is 0.497 e. The second-order valence-electron chi connectivity index (χ2n) is 9.66. The summed E-state index contributed by atoms with van der Waals surface area (Å²) in [6.45, 7) is 4.72. The number of hydrogen-bond acceptors (Lipinski definition) is 8. The number of hydrogen-bond donors (Lipinski definition) is 0. The molecule has 2 aromatic carbocycles. The van der Waals surface area contributed by atoms with Gasteiger partial charge in [0.05, 0.1) is 36.6 Å². The first-order chi connectivity index (χ1) is 18.9. The normalized spacial score (nSPS) is 15.3. The molecule has 0 fully saturated rings. The quantitative estimate of drug-likeness (QED) is 0.177. The van der Waals surface area contributed by atoms with Gasteiger partial charge in [0.25, 0.3) is 5.56 Å². The molecule has 0 unspecified atom stereocenters. The fourth-order valence-corrected chi connectivity index (χ4v) is 7.03. The lowest BCUT2D eigenvalue weighted by molar-refractivity contribution is 0.00200. The maximum atomic E-state index is 14.1. The first kappa shape index (κ1) is 26.1. The van der Waals surface area contributed by atoms with Gasteiger partial charge in [0.15, 0.2) is 10.9 Å². The minimum absolute atomic E-state index is 0.0339. The van der Waals surface area contributed by atoms with E-state index in [1.54, 1.807) is 35.9 Å². The fourth-order valence-electron chi connectivity index (χ4n) is 4.77. The predicted octanol–water partition coefficient (Wildman–Crippen LogP) is 5.83. The van der Waals surface area contributed by atoms with Crippen LogP contribution >= 0.6 is 34.7 Å². The van der Waals surface area contributed by atoms with E-state index >= 15 is 0 Å². The summed E-state index contributed by atoms with van der Waals surface area (Å²) in [4.78, 5) is 28.9. The number of ether oxygens (including phenoxy) is 2. The molecule has 0 bridgehead atoms. The van der Waals surface area contributed by atoms with Gasteiger partial charge < -0.3 is 9.47 Å². The van der Waals surface area contributed by atoms with Gasteiger partial charge in [0.2, 0.25) is 5.78 Å². The van der Waals surface area contributed by atoms with E-state index in [0.29, 0.717) is 57.3 Å². The van der Waals surface area contributed by atoms with Crippen molar-refractivity contribution in [1.29, 1.82) is 0 Å². The Morgan fingerprint density at radius 2 is 1.92 bits per heavy atom. The Hall–Kier alpha value is -3.18.